The lowest BCUT2D eigenvalue weighted by Crippen LogP contribution is -2.54. The molecule has 3 rings (SSSR count). The summed E-state index contributed by atoms with van der Waals surface area (Å²) in [6.07, 6.45) is 7.37. The predicted octanol–water partition coefficient (Wildman–Crippen LogP) is 4.23. The maximum absolute atomic E-state index is 13.0. The van der Waals surface area contributed by atoms with E-state index in [2.05, 4.69) is 44.3 Å². The van der Waals surface area contributed by atoms with Crippen LogP contribution in [0.25, 0.3) is 0 Å². The predicted molar refractivity (Wildman–Crippen MR) is 95.9 cm³/mol. The standard InChI is InChI=1S/C20H30N2O/c1-15-13-20(2,3)22(18-12-8-7-11-17(15)18)19(23)14-21-16-9-5-4-6-10-16/h7-8,11-12,15-16,21H,4-6,9-10,13-14H2,1-3H3. The fourth-order valence-corrected chi connectivity index (χ4v) is 4.47. The monoisotopic (exact) mass is 314 g/mol. The van der Waals surface area contributed by atoms with Crippen LogP contribution in [-0.2, 0) is 4.79 Å². The Bertz CT molecular complexity index is 561. The lowest BCUT2D eigenvalue weighted by atomic mass is 9.80. The van der Waals surface area contributed by atoms with Gasteiger partial charge >= 0.3 is 0 Å². The molecule has 1 aromatic rings. The van der Waals surface area contributed by atoms with Crippen LogP contribution in [0.2, 0.25) is 0 Å². The number of hydrogen-bond acceptors (Lipinski definition) is 2. The van der Waals surface area contributed by atoms with Crippen LogP contribution in [0.3, 0.4) is 0 Å². The van der Waals surface area contributed by atoms with Crippen LogP contribution in [0.1, 0.15) is 70.8 Å². The lowest BCUT2D eigenvalue weighted by Gasteiger charge is -2.46. The first-order valence-corrected chi connectivity index (χ1v) is 9.14. The van der Waals surface area contributed by atoms with E-state index in [4.69, 9.17) is 0 Å². The van der Waals surface area contributed by atoms with Crippen molar-refractivity contribution in [2.45, 2.75) is 76.8 Å². The molecule has 3 nitrogen and oxygen atoms in total. The number of amides is 1. The number of fused-ring (bicyclic) bond motifs is 1. The molecule has 0 saturated heterocycles. The van der Waals surface area contributed by atoms with Gasteiger partial charge in [0.1, 0.15) is 0 Å². The second kappa shape index (κ2) is 6.64. The largest absolute Gasteiger partial charge is 0.306 e. The van der Waals surface area contributed by atoms with Gasteiger partial charge in [-0.2, -0.15) is 0 Å². The molecule has 1 aromatic carbocycles. The average molecular weight is 314 g/mol. The molecule has 1 atom stereocenters. The van der Waals surface area contributed by atoms with E-state index < -0.39 is 0 Å². The van der Waals surface area contributed by atoms with Crippen LogP contribution in [0, 0.1) is 0 Å². The Kier molecular flexibility index (Phi) is 4.77. The molecule has 1 heterocycles. The molecule has 1 fully saturated rings. The first-order valence-electron chi connectivity index (χ1n) is 9.14. The van der Waals surface area contributed by atoms with Gasteiger partial charge in [0.2, 0.25) is 5.91 Å². The maximum Gasteiger partial charge on any atom is 0.241 e. The Morgan fingerprint density at radius 1 is 1.22 bits per heavy atom. The van der Waals surface area contributed by atoms with E-state index in [0.29, 0.717) is 18.5 Å². The van der Waals surface area contributed by atoms with Crippen LogP contribution in [0.5, 0.6) is 0 Å². The quantitative estimate of drug-likeness (QED) is 0.905. The van der Waals surface area contributed by atoms with Crippen molar-refractivity contribution in [3.63, 3.8) is 0 Å². The van der Waals surface area contributed by atoms with Crippen molar-refractivity contribution >= 4 is 11.6 Å². The van der Waals surface area contributed by atoms with Crippen LogP contribution >= 0.6 is 0 Å². The van der Waals surface area contributed by atoms with Crippen molar-refractivity contribution in [2.75, 3.05) is 11.4 Å². The van der Waals surface area contributed by atoms with Gasteiger partial charge in [-0.3, -0.25) is 4.79 Å². The van der Waals surface area contributed by atoms with Crippen molar-refractivity contribution in [3.8, 4) is 0 Å². The van der Waals surface area contributed by atoms with Gasteiger partial charge in [-0.15, -0.1) is 0 Å². The zero-order chi connectivity index (χ0) is 16.4. The summed E-state index contributed by atoms with van der Waals surface area (Å²) in [6, 6.07) is 8.92. The van der Waals surface area contributed by atoms with Gasteiger partial charge in [-0.05, 0) is 50.7 Å². The summed E-state index contributed by atoms with van der Waals surface area (Å²) in [5.41, 5.74) is 2.28. The Morgan fingerprint density at radius 3 is 2.65 bits per heavy atom. The van der Waals surface area contributed by atoms with E-state index in [1.165, 1.54) is 37.7 Å². The van der Waals surface area contributed by atoms with Gasteiger partial charge in [0.05, 0.1) is 6.54 Å². The Balaban J connectivity index is 1.76. The molecule has 0 radical (unpaired) electrons. The molecule has 2 aliphatic rings. The first-order chi connectivity index (χ1) is 11.0. The Hall–Kier alpha value is -1.35. The second-order valence-corrected chi connectivity index (χ2v) is 7.92. The third kappa shape index (κ3) is 3.45. The van der Waals surface area contributed by atoms with Crippen LogP contribution in [0.15, 0.2) is 24.3 Å². The molecular formula is C20H30N2O. The number of carbonyl (C=O) groups excluding carboxylic acids is 1. The maximum atomic E-state index is 13.0. The number of para-hydroxylation sites is 1. The van der Waals surface area contributed by atoms with Gasteiger partial charge in [0.15, 0.2) is 0 Å². The summed E-state index contributed by atoms with van der Waals surface area (Å²) in [7, 11) is 0. The minimum absolute atomic E-state index is 0.126. The minimum atomic E-state index is -0.126. The molecule has 1 amide bonds. The molecular weight excluding hydrogens is 284 g/mol. The van der Waals surface area contributed by atoms with Crippen molar-refractivity contribution in [1.82, 2.24) is 5.32 Å². The van der Waals surface area contributed by atoms with Crippen LogP contribution in [-0.4, -0.2) is 24.0 Å². The number of nitrogens with one attached hydrogen (secondary N) is 1. The summed E-state index contributed by atoms with van der Waals surface area (Å²) in [6.45, 7) is 7.11. The van der Waals surface area contributed by atoms with Crippen molar-refractivity contribution in [3.05, 3.63) is 29.8 Å². The topological polar surface area (TPSA) is 32.3 Å². The SMILES string of the molecule is CC1CC(C)(C)N(C(=O)CNC2CCCCC2)c2ccccc21. The summed E-state index contributed by atoms with van der Waals surface area (Å²) in [4.78, 5) is 15.0. The van der Waals surface area contributed by atoms with E-state index in [9.17, 15) is 4.79 Å². The van der Waals surface area contributed by atoms with Gasteiger partial charge in [-0.25, -0.2) is 0 Å². The number of rotatable bonds is 3. The molecule has 126 valence electrons. The molecule has 0 bridgehead atoms. The van der Waals surface area contributed by atoms with E-state index in [-0.39, 0.29) is 11.4 Å². The highest BCUT2D eigenvalue weighted by Gasteiger charge is 2.39. The van der Waals surface area contributed by atoms with Crippen molar-refractivity contribution < 1.29 is 4.79 Å². The highest BCUT2D eigenvalue weighted by atomic mass is 16.2. The first kappa shape index (κ1) is 16.5. The number of anilines is 1. The second-order valence-electron chi connectivity index (χ2n) is 7.92. The van der Waals surface area contributed by atoms with Gasteiger partial charge in [0, 0.05) is 17.3 Å². The van der Waals surface area contributed by atoms with Crippen LogP contribution < -0.4 is 10.2 Å². The van der Waals surface area contributed by atoms with Crippen molar-refractivity contribution in [2.24, 2.45) is 0 Å². The molecule has 1 aliphatic carbocycles. The molecule has 1 aliphatic heterocycles. The fourth-order valence-electron chi connectivity index (χ4n) is 4.47. The average Bonchev–Trinajstić information content (AvgIpc) is 2.53. The van der Waals surface area contributed by atoms with Gasteiger partial charge < -0.3 is 10.2 Å². The fraction of sp³-hybridized carbons (Fsp3) is 0.650. The highest BCUT2D eigenvalue weighted by Crippen LogP contribution is 2.43. The smallest absolute Gasteiger partial charge is 0.241 e. The third-order valence-electron chi connectivity index (χ3n) is 5.52. The molecule has 0 spiro atoms. The summed E-state index contributed by atoms with van der Waals surface area (Å²) in [5, 5.41) is 3.51. The number of hydrogen-bond donors (Lipinski definition) is 1. The minimum Gasteiger partial charge on any atom is -0.306 e. The normalized spacial score (nSPS) is 24.3. The molecule has 1 unspecified atom stereocenters. The summed E-state index contributed by atoms with van der Waals surface area (Å²) >= 11 is 0. The van der Waals surface area contributed by atoms with Crippen LogP contribution in [0.4, 0.5) is 5.69 Å². The van der Waals surface area contributed by atoms with Crippen molar-refractivity contribution in [1.29, 1.82) is 0 Å². The van der Waals surface area contributed by atoms with E-state index in [0.717, 1.165) is 12.1 Å². The lowest BCUT2D eigenvalue weighted by molar-refractivity contribution is -0.119. The summed E-state index contributed by atoms with van der Waals surface area (Å²) < 4.78 is 0. The Morgan fingerprint density at radius 2 is 1.91 bits per heavy atom. The molecule has 3 heteroatoms. The van der Waals surface area contributed by atoms with Gasteiger partial charge in [0.25, 0.3) is 0 Å². The van der Waals surface area contributed by atoms with E-state index in [1.807, 2.05) is 11.0 Å². The zero-order valence-electron chi connectivity index (χ0n) is 14.8. The number of carbonyl (C=O) groups is 1. The zero-order valence-corrected chi connectivity index (χ0v) is 14.8. The van der Waals surface area contributed by atoms with E-state index >= 15 is 0 Å². The number of benzene rings is 1. The third-order valence-corrected chi connectivity index (χ3v) is 5.52. The highest BCUT2D eigenvalue weighted by molar-refractivity contribution is 5.97. The molecule has 1 saturated carbocycles. The number of nitrogens with zero attached hydrogens (tertiary/aromatic N) is 1. The molecule has 23 heavy (non-hydrogen) atoms. The molecule has 0 aromatic heterocycles. The Labute approximate surface area is 140 Å². The summed E-state index contributed by atoms with van der Waals surface area (Å²) in [5.74, 6) is 0.705. The van der Waals surface area contributed by atoms with Gasteiger partial charge in [-0.1, -0.05) is 44.4 Å². The molecule has 1 N–H and O–H groups in total. The van der Waals surface area contributed by atoms with E-state index in [1.54, 1.807) is 0 Å².